The predicted molar refractivity (Wildman–Crippen MR) is 122 cm³/mol. The Hall–Kier alpha value is -3.68. The van der Waals surface area contributed by atoms with Crippen LogP contribution in [0.25, 0.3) is 11.2 Å². The van der Waals surface area contributed by atoms with Gasteiger partial charge in [-0.25, -0.2) is 9.18 Å². The Morgan fingerprint density at radius 3 is 2.56 bits per heavy atom. The fourth-order valence-electron chi connectivity index (χ4n) is 4.34. The number of imidazole rings is 1. The lowest BCUT2D eigenvalue weighted by molar-refractivity contribution is 0.577. The molecule has 7 nitrogen and oxygen atoms in total. The minimum Gasteiger partial charge on any atom is -0.312 e. The zero-order valence-corrected chi connectivity index (χ0v) is 18.3. The first kappa shape index (κ1) is 20.2. The van der Waals surface area contributed by atoms with Crippen molar-refractivity contribution in [3.8, 4) is 0 Å². The number of nitrogens with zero attached hydrogens (tertiary/aromatic N) is 5. The van der Waals surface area contributed by atoms with Gasteiger partial charge in [0.25, 0.3) is 5.56 Å². The SMILES string of the molecule is Cc1ccc(N2CCCn3c2nc2c3c(=O)n(Cc3ccccc3F)c(=O)n2C)cc1C. The summed E-state index contributed by atoms with van der Waals surface area (Å²) in [6, 6.07) is 12.4. The smallest absolute Gasteiger partial charge is 0.312 e. The molecule has 0 spiro atoms. The molecule has 0 fully saturated rings. The summed E-state index contributed by atoms with van der Waals surface area (Å²) < 4.78 is 18.6. The summed E-state index contributed by atoms with van der Waals surface area (Å²) in [6.45, 7) is 5.40. The lowest BCUT2D eigenvalue weighted by atomic mass is 10.1. The lowest BCUT2D eigenvalue weighted by Crippen LogP contribution is -2.40. The normalized spacial score (nSPS) is 13.6. The van der Waals surface area contributed by atoms with Crippen LogP contribution in [0.15, 0.2) is 52.1 Å². The molecule has 0 saturated carbocycles. The van der Waals surface area contributed by atoms with Gasteiger partial charge in [0.15, 0.2) is 11.2 Å². The maximum absolute atomic E-state index is 14.2. The minimum atomic E-state index is -0.515. The quantitative estimate of drug-likeness (QED) is 0.498. The monoisotopic (exact) mass is 433 g/mol. The van der Waals surface area contributed by atoms with Gasteiger partial charge >= 0.3 is 5.69 Å². The summed E-state index contributed by atoms with van der Waals surface area (Å²) in [5, 5.41) is 0. The van der Waals surface area contributed by atoms with Crippen LogP contribution in [-0.4, -0.2) is 25.2 Å². The number of halogens is 1. The van der Waals surface area contributed by atoms with Crippen LogP contribution in [0.4, 0.5) is 16.0 Å². The van der Waals surface area contributed by atoms with Crippen molar-refractivity contribution in [2.75, 3.05) is 11.4 Å². The zero-order chi connectivity index (χ0) is 22.6. The Kier molecular flexibility index (Phi) is 4.73. The Morgan fingerprint density at radius 2 is 1.81 bits per heavy atom. The highest BCUT2D eigenvalue weighted by molar-refractivity contribution is 5.77. The molecule has 164 valence electrons. The number of aromatic nitrogens is 4. The molecule has 4 aromatic rings. The molecule has 0 unspecified atom stereocenters. The molecule has 0 saturated heterocycles. The summed E-state index contributed by atoms with van der Waals surface area (Å²) in [5.41, 5.74) is 3.42. The molecule has 0 atom stereocenters. The molecule has 3 heterocycles. The maximum Gasteiger partial charge on any atom is 0.332 e. The van der Waals surface area contributed by atoms with Gasteiger partial charge in [-0.05, 0) is 49.6 Å². The van der Waals surface area contributed by atoms with E-state index in [0.717, 1.165) is 23.2 Å². The van der Waals surface area contributed by atoms with E-state index in [2.05, 4.69) is 30.9 Å². The predicted octanol–water partition coefficient (Wildman–Crippen LogP) is 3.24. The van der Waals surface area contributed by atoms with Gasteiger partial charge in [-0.1, -0.05) is 24.3 Å². The molecule has 0 aliphatic carbocycles. The van der Waals surface area contributed by atoms with Crippen molar-refractivity contribution in [2.45, 2.75) is 33.4 Å². The van der Waals surface area contributed by atoms with E-state index in [9.17, 15) is 14.0 Å². The first-order valence-electron chi connectivity index (χ1n) is 10.6. The molecule has 32 heavy (non-hydrogen) atoms. The van der Waals surface area contributed by atoms with Crippen LogP contribution in [0, 0.1) is 19.7 Å². The fraction of sp³-hybridized carbons (Fsp3) is 0.292. The van der Waals surface area contributed by atoms with Crippen molar-refractivity contribution in [3.05, 3.63) is 85.8 Å². The molecule has 0 N–H and O–H groups in total. The van der Waals surface area contributed by atoms with Gasteiger partial charge in [0.2, 0.25) is 5.95 Å². The Labute approximate surface area is 184 Å². The van der Waals surface area contributed by atoms with Crippen LogP contribution < -0.4 is 16.1 Å². The van der Waals surface area contributed by atoms with Crippen LogP contribution in [0.3, 0.4) is 0 Å². The average Bonchev–Trinajstić information content (AvgIpc) is 3.18. The standard InChI is InChI=1S/C24H24FN5O2/c1-15-9-10-18(13-16(15)2)28-11-6-12-29-20-21(26-23(28)29)27(3)24(32)30(22(20)31)14-17-7-4-5-8-19(17)25/h4-5,7-10,13H,6,11-12,14H2,1-3H3. The molecular formula is C24H24FN5O2. The van der Waals surface area contributed by atoms with E-state index in [1.54, 1.807) is 25.2 Å². The summed E-state index contributed by atoms with van der Waals surface area (Å²) >= 11 is 0. The van der Waals surface area contributed by atoms with E-state index in [4.69, 9.17) is 4.98 Å². The largest absolute Gasteiger partial charge is 0.332 e. The third-order valence-electron chi connectivity index (χ3n) is 6.31. The van der Waals surface area contributed by atoms with Crippen LogP contribution in [0.1, 0.15) is 23.1 Å². The minimum absolute atomic E-state index is 0.129. The van der Waals surface area contributed by atoms with Crippen LogP contribution in [-0.2, 0) is 20.1 Å². The van der Waals surface area contributed by atoms with E-state index in [-0.39, 0.29) is 6.54 Å². The number of anilines is 2. The number of fused-ring (bicyclic) bond motifs is 3. The van der Waals surface area contributed by atoms with Gasteiger partial charge in [-0.2, -0.15) is 4.98 Å². The van der Waals surface area contributed by atoms with Crippen molar-refractivity contribution in [2.24, 2.45) is 7.05 Å². The van der Waals surface area contributed by atoms with Gasteiger partial charge in [-0.15, -0.1) is 0 Å². The van der Waals surface area contributed by atoms with Crippen molar-refractivity contribution in [3.63, 3.8) is 0 Å². The molecule has 2 aromatic heterocycles. The third-order valence-corrected chi connectivity index (χ3v) is 6.31. The van der Waals surface area contributed by atoms with Gasteiger partial charge in [0.1, 0.15) is 5.82 Å². The highest BCUT2D eigenvalue weighted by atomic mass is 19.1. The molecule has 0 amide bonds. The third kappa shape index (κ3) is 3.05. The molecule has 8 heteroatoms. The summed E-state index contributed by atoms with van der Waals surface area (Å²) in [7, 11) is 1.60. The molecule has 0 radical (unpaired) electrons. The van der Waals surface area contributed by atoms with Crippen molar-refractivity contribution in [1.29, 1.82) is 0 Å². The first-order chi connectivity index (χ1) is 15.4. The molecule has 0 bridgehead atoms. The van der Waals surface area contributed by atoms with E-state index >= 15 is 0 Å². The van der Waals surface area contributed by atoms with Crippen molar-refractivity contribution in [1.82, 2.24) is 18.7 Å². The van der Waals surface area contributed by atoms with E-state index in [1.807, 2.05) is 10.6 Å². The number of hydrogen-bond acceptors (Lipinski definition) is 4. The van der Waals surface area contributed by atoms with E-state index < -0.39 is 17.1 Å². The van der Waals surface area contributed by atoms with E-state index in [1.165, 1.54) is 21.8 Å². The summed E-state index contributed by atoms with van der Waals surface area (Å²) in [5.74, 6) is 0.197. The average molecular weight is 433 g/mol. The second-order valence-electron chi connectivity index (χ2n) is 8.33. The van der Waals surface area contributed by atoms with Crippen molar-refractivity contribution >= 4 is 22.8 Å². The Balaban J connectivity index is 1.71. The van der Waals surface area contributed by atoms with Crippen LogP contribution in [0.2, 0.25) is 0 Å². The number of benzene rings is 2. The second-order valence-corrected chi connectivity index (χ2v) is 8.33. The molecule has 1 aliphatic rings. The number of aryl methyl sites for hydroxylation is 4. The lowest BCUT2D eigenvalue weighted by Gasteiger charge is -2.29. The van der Waals surface area contributed by atoms with Gasteiger partial charge < -0.3 is 9.47 Å². The van der Waals surface area contributed by atoms with Crippen molar-refractivity contribution < 1.29 is 4.39 Å². The Morgan fingerprint density at radius 1 is 1.03 bits per heavy atom. The maximum atomic E-state index is 14.2. The van der Waals surface area contributed by atoms with Crippen LogP contribution >= 0.6 is 0 Å². The van der Waals surface area contributed by atoms with Gasteiger partial charge in [0.05, 0.1) is 6.54 Å². The first-order valence-corrected chi connectivity index (χ1v) is 10.6. The zero-order valence-electron chi connectivity index (χ0n) is 18.3. The molecule has 5 rings (SSSR count). The Bertz CT molecular complexity index is 1480. The number of rotatable bonds is 3. The summed E-state index contributed by atoms with van der Waals surface area (Å²) in [4.78, 5) is 33.2. The highest BCUT2D eigenvalue weighted by Crippen LogP contribution is 2.31. The molecule has 2 aromatic carbocycles. The fourth-order valence-corrected chi connectivity index (χ4v) is 4.34. The number of hydrogen-bond donors (Lipinski definition) is 0. The summed E-state index contributed by atoms with van der Waals surface area (Å²) in [6.07, 6.45) is 0.834. The van der Waals surface area contributed by atoms with Gasteiger partial charge in [0, 0.05) is 31.4 Å². The van der Waals surface area contributed by atoms with Crippen LogP contribution in [0.5, 0.6) is 0 Å². The van der Waals surface area contributed by atoms with E-state index in [0.29, 0.717) is 29.2 Å². The molecular weight excluding hydrogens is 409 g/mol. The van der Waals surface area contributed by atoms with Gasteiger partial charge in [-0.3, -0.25) is 13.9 Å². The molecule has 1 aliphatic heterocycles. The highest BCUT2D eigenvalue weighted by Gasteiger charge is 2.27. The topological polar surface area (TPSA) is 65.1 Å². The second kappa shape index (κ2) is 7.47.